The maximum absolute atomic E-state index is 11.3. The maximum Gasteiger partial charge on any atom is 0.320 e. The Morgan fingerprint density at radius 2 is 2.00 bits per heavy atom. The van der Waals surface area contributed by atoms with E-state index in [4.69, 9.17) is 9.47 Å². The number of likely N-dealkylation sites (N-methyl/N-ethyl adjacent to an activating group) is 1. The van der Waals surface area contributed by atoms with Crippen LogP contribution in [-0.2, 0) is 4.79 Å². The summed E-state index contributed by atoms with van der Waals surface area (Å²) in [6, 6.07) is 5.36. The van der Waals surface area contributed by atoms with Crippen molar-refractivity contribution in [3.8, 4) is 11.5 Å². The van der Waals surface area contributed by atoms with E-state index in [1.54, 1.807) is 14.2 Å². The number of aliphatic carboxylic acids is 1. The SMILES string of the molecule is CCNC(CC1CCN(c2cc(OC)cc(OC)c2)C1)C(=O)O. The first kappa shape index (κ1) is 17.4. The normalized spacial score (nSPS) is 18.7. The molecule has 0 aliphatic carbocycles. The van der Waals surface area contributed by atoms with Crippen LogP contribution in [0.15, 0.2) is 18.2 Å². The number of carboxylic acid groups (broad SMARTS) is 1. The van der Waals surface area contributed by atoms with Crippen LogP contribution in [0.25, 0.3) is 0 Å². The molecule has 1 aliphatic heterocycles. The highest BCUT2D eigenvalue weighted by Crippen LogP contribution is 2.32. The predicted molar refractivity (Wildman–Crippen MR) is 89.6 cm³/mol. The number of carbonyl (C=O) groups is 1. The molecule has 0 saturated carbocycles. The Bertz CT molecular complexity index is 513. The summed E-state index contributed by atoms with van der Waals surface area (Å²) in [5.41, 5.74) is 1.05. The van der Waals surface area contributed by atoms with Crippen LogP contribution < -0.4 is 19.7 Å². The first-order chi connectivity index (χ1) is 11.1. The van der Waals surface area contributed by atoms with E-state index in [0.717, 1.165) is 36.7 Å². The third-order valence-corrected chi connectivity index (χ3v) is 4.30. The number of hydrogen-bond donors (Lipinski definition) is 2. The van der Waals surface area contributed by atoms with Crippen molar-refractivity contribution in [3.05, 3.63) is 18.2 Å². The van der Waals surface area contributed by atoms with E-state index in [-0.39, 0.29) is 0 Å². The molecule has 1 fully saturated rings. The summed E-state index contributed by atoms with van der Waals surface area (Å²) in [5, 5.41) is 12.3. The van der Waals surface area contributed by atoms with Crippen molar-refractivity contribution in [2.24, 2.45) is 5.92 Å². The Labute approximate surface area is 137 Å². The highest BCUT2D eigenvalue weighted by atomic mass is 16.5. The van der Waals surface area contributed by atoms with Gasteiger partial charge in [-0.25, -0.2) is 0 Å². The summed E-state index contributed by atoms with van der Waals surface area (Å²) in [6.45, 7) is 4.37. The van der Waals surface area contributed by atoms with Gasteiger partial charge in [0.05, 0.1) is 14.2 Å². The number of methoxy groups -OCH3 is 2. The zero-order chi connectivity index (χ0) is 16.8. The molecule has 1 saturated heterocycles. The number of hydrogen-bond acceptors (Lipinski definition) is 5. The highest BCUT2D eigenvalue weighted by molar-refractivity contribution is 5.73. The van der Waals surface area contributed by atoms with Gasteiger partial charge in [-0.2, -0.15) is 0 Å². The van der Waals surface area contributed by atoms with Crippen LogP contribution in [0, 0.1) is 5.92 Å². The largest absolute Gasteiger partial charge is 0.497 e. The lowest BCUT2D eigenvalue weighted by molar-refractivity contribution is -0.139. The number of nitrogens with one attached hydrogen (secondary N) is 1. The smallest absolute Gasteiger partial charge is 0.320 e. The number of carboxylic acids is 1. The zero-order valence-electron chi connectivity index (χ0n) is 14.0. The average Bonchev–Trinajstić information content (AvgIpc) is 3.02. The fourth-order valence-corrected chi connectivity index (χ4v) is 3.09. The summed E-state index contributed by atoms with van der Waals surface area (Å²) in [4.78, 5) is 13.6. The van der Waals surface area contributed by atoms with Crippen LogP contribution in [0.4, 0.5) is 5.69 Å². The van der Waals surface area contributed by atoms with Crippen molar-refractivity contribution >= 4 is 11.7 Å². The summed E-state index contributed by atoms with van der Waals surface area (Å²) in [5.74, 6) is 1.12. The number of nitrogens with zero attached hydrogens (tertiary/aromatic N) is 1. The van der Waals surface area contributed by atoms with Crippen molar-refractivity contribution in [2.45, 2.75) is 25.8 Å². The van der Waals surface area contributed by atoms with Crippen molar-refractivity contribution in [1.29, 1.82) is 0 Å². The molecule has 6 nitrogen and oxygen atoms in total. The first-order valence-corrected chi connectivity index (χ1v) is 8.01. The van der Waals surface area contributed by atoms with Crippen LogP contribution in [0.1, 0.15) is 19.8 Å². The van der Waals surface area contributed by atoms with E-state index < -0.39 is 12.0 Å². The van der Waals surface area contributed by atoms with Crippen LogP contribution in [0.2, 0.25) is 0 Å². The van der Waals surface area contributed by atoms with E-state index in [1.807, 2.05) is 25.1 Å². The number of ether oxygens (including phenoxy) is 2. The van der Waals surface area contributed by atoms with Gasteiger partial charge in [-0.1, -0.05) is 6.92 Å². The fraction of sp³-hybridized carbons (Fsp3) is 0.588. The van der Waals surface area contributed by atoms with Crippen LogP contribution >= 0.6 is 0 Å². The third-order valence-electron chi connectivity index (χ3n) is 4.30. The Kier molecular flexibility index (Phi) is 6.10. The monoisotopic (exact) mass is 322 g/mol. The van der Waals surface area contributed by atoms with Gasteiger partial charge in [0.2, 0.25) is 0 Å². The molecule has 1 aromatic carbocycles. The molecule has 128 valence electrons. The minimum atomic E-state index is -0.770. The van der Waals surface area contributed by atoms with Crippen molar-refractivity contribution < 1.29 is 19.4 Å². The van der Waals surface area contributed by atoms with Crippen molar-refractivity contribution in [1.82, 2.24) is 5.32 Å². The molecule has 2 unspecified atom stereocenters. The van der Waals surface area contributed by atoms with Gasteiger partial charge >= 0.3 is 5.97 Å². The maximum atomic E-state index is 11.3. The molecule has 0 radical (unpaired) electrons. The molecule has 23 heavy (non-hydrogen) atoms. The molecular formula is C17H26N2O4. The first-order valence-electron chi connectivity index (χ1n) is 8.01. The minimum absolute atomic E-state index is 0.368. The second-order valence-electron chi connectivity index (χ2n) is 5.86. The average molecular weight is 322 g/mol. The number of benzene rings is 1. The molecule has 0 bridgehead atoms. The van der Waals surface area contributed by atoms with Crippen molar-refractivity contribution in [2.75, 3.05) is 38.8 Å². The Hall–Kier alpha value is -1.95. The fourth-order valence-electron chi connectivity index (χ4n) is 3.09. The predicted octanol–water partition coefficient (Wildman–Crippen LogP) is 1.98. The lowest BCUT2D eigenvalue weighted by Crippen LogP contribution is -2.38. The summed E-state index contributed by atoms with van der Waals surface area (Å²) in [7, 11) is 3.28. The van der Waals surface area contributed by atoms with Crippen LogP contribution in [-0.4, -0.2) is 51.0 Å². The van der Waals surface area contributed by atoms with Gasteiger partial charge in [0.15, 0.2) is 0 Å². The van der Waals surface area contributed by atoms with Gasteiger partial charge in [0, 0.05) is 37.0 Å². The second kappa shape index (κ2) is 8.06. The molecule has 1 aliphatic rings. The molecule has 1 aromatic rings. The Balaban J connectivity index is 2.03. The van der Waals surface area contributed by atoms with E-state index in [1.165, 1.54) is 0 Å². The summed E-state index contributed by atoms with van der Waals surface area (Å²) in [6.07, 6.45) is 1.65. The van der Waals surface area contributed by atoms with E-state index >= 15 is 0 Å². The molecule has 0 amide bonds. The van der Waals surface area contributed by atoms with E-state index in [0.29, 0.717) is 18.9 Å². The van der Waals surface area contributed by atoms with Gasteiger partial charge in [-0.05, 0) is 25.3 Å². The van der Waals surface area contributed by atoms with E-state index in [9.17, 15) is 9.90 Å². The minimum Gasteiger partial charge on any atom is -0.497 e. The molecular weight excluding hydrogens is 296 g/mol. The Morgan fingerprint density at radius 1 is 1.35 bits per heavy atom. The summed E-state index contributed by atoms with van der Waals surface area (Å²) >= 11 is 0. The number of anilines is 1. The zero-order valence-corrected chi connectivity index (χ0v) is 14.0. The quantitative estimate of drug-likeness (QED) is 0.763. The van der Waals surface area contributed by atoms with E-state index in [2.05, 4.69) is 10.2 Å². The molecule has 2 rings (SSSR count). The molecule has 0 aromatic heterocycles. The second-order valence-corrected chi connectivity index (χ2v) is 5.86. The lowest BCUT2D eigenvalue weighted by Gasteiger charge is -2.21. The van der Waals surface area contributed by atoms with Gasteiger partial charge < -0.3 is 24.8 Å². The van der Waals surface area contributed by atoms with Crippen molar-refractivity contribution in [3.63, 3.8) is 0 Å². The highest BCUT2D eigenvalue weighted by Gasteiger charge is 2.28. The lowest BCUT2D eigenvalue weighted by atomic mass is 9.99. The summed E-state index contributed by atoms with van der Waals surface area (Å²) < 4.78 is 10.6. The van der Waals surface area contributed by atoms with Gasteiger partial charge in [-0.3, -0.25) is 4.79 Å². The van der Waals surface area contributed by atoms with Gasteiger partial charge in [-0.15, -0.1) is 0 Å². The molecule has 1 heterocycles. The number of rotatable bonds is 8. The molecule has 2 atom stereocenters. The molecule has 0 spiro atoms. The molecule has 2 N–H and O–H groups in total. The molecule has 6 heteroatoms. The van der Waals surface area contributed by atoms with Gasteiger partial charge in [0.1, 0.15) is 17.5 Å². The standard InChI is InChI=1S/C17H26N2O4/c1-4-18-16(17(20)21)7-12-5-6-19(11-12)13-8-14(22-2)10-15(9-13)23-3/h8-10,12,16,18H,4-7,11H2,1-3H3,(H,20,21). The van der Waals surface area contributed by atoms with Crippen LogP contribution in [0.3, 0.4) is 0 Å². The Morgan fingerprint density at radius 3 is 2.52 bits per heavy atom. The topological polar surface area (TPSA) is 71.0 Å². The van der Waals surface area contributed by atoms with Crippen LogP contribution in [0.5, 0.6) is 11.5 Å². The third kappa shape index (κ3) is 4.51. The van der Waals surface area contributed by atoms with Gasteiger partial charge in [0.25, 0.3) is 0 Å².